The molecule has 42 heavy (non-hydrogen) atoms. The molecule has 0 aliphatic heterocycles. The Morgan fingerprint density at radius 3 is 1.79 bits per heavy atom. The van der Waals surface area contributed by atoms with Crippen LogP contribution in [0.4, 0.5) is 0 Å². The Kier molecular flexibility index (Phi) is 23.9. The van der Waals surface area contributed by atoms with Crippen LogP contribution in [-0.2, 0) is 0 Å². The maximum absolute atomic E-state index is 4.00. The second-order valence-corrected chi connectivity index (χ2v) is 12.0. The monoisotopic (exact) mass is 576 g/mol. The van der Waals surface area contributed by atoms with E-state index in [9.17, 15) is 0 Å². The van der Waals surface area contributed by atoms with Crippen molar-refractivity contribution in [2.24, 2.45) is 5.92 Å². The van der Waals surface area contributed by atoms with Gasteiger partial charge in [0.25, 0.3) is 0 Å². The minimum atomic E-state index is -0.477. The van der Waals surface area contributed by atoms with Crippen molar-refractivity contribution < 1.29 is 0 Å². The lowest BCUT2D eigenvalue weighted by Crippen LogP contribution is -2.14. The summed E-state index contributed by atoms with van der Waals surface area (Å²) in [6.07, 6.45) is 41.4. The first-order valence-electron chi connectivity index (χ1n) is 14.7. The number of rotatable bonds is 14. The van der Waals surface area contributed by atoms with Crippen molar-refractivity contribution in [3.8, 4) is 0 Å². The summed E-state index contributed by atoms with van der Waals surface area (Å²) in [4.78, 5) is 0. The van der Waals surface area contributed by atoms with Gasteiger partial charge < -0.3 is 0 Å². The van der Waals surface area contributed by atoms with Crippen LogP contribution in [0.15, 0.2) is 189 Å². The molecule has 0 saturated heterocycles. The van der Waals surface area contributed by atoms with E-state index >= 15 is 0 Å². The maximum Gasteiger partial charge on any atom is 0.00819 e. The molecule has 1 aromatic carbocycles. The summed E-state index contributed by atoms with van der Waals surface area (Å²) in [7, 11) is -0.477. The van der Waals surface area contributed by atoms with Crippen LogP contribution in [0.3, 0.4) is 0 Å². The van der Waals surface area contributed by atoms with Gasteiger partial charge in [-0.25, -0.2) is 0 Å². The fraction of sp³-hybridized carbons (Fsp3) is 0.220. The van der Waals surface area contributed by atoms with E-state index in [4.69, 9.17) is 0 Å². The number of hydrogen-bond donors (Lipinski definition) is 0. The highest BCUT2D eigenvalue weighted by atomic mass is 31.1. The lowest BCUT2D eigenvalue weighted by atomic mass is 10.1. The topological polar surface area (TPSA) is 0 Å². The van der Waals surface area contributed by atoms with Crippen molar-refractivity contribution >= 4 is 13.2 Å². The molecule has 1 aliphatic rings. The number of benzene rings is 1. The highest BCUT2D eigenvalue weighted by Crippen LogP contribution is 2.53. The Morgan fingerprint density at radius 1 is 0.762 bits per heavy atom. The van der Waals surface area contributed by atoms with Gasteiger partial charge in [0.05, 0.1) is 0 Å². The van der Waals surface area contributed by atoms with Gasteiger partial charge in [-0.05, 0) is 71.9 Å². The second-order valence-electron chi connectivity index (χ2n) is 9.53. The fourth-order valence-electron chi connectivity index (χ4n) is 4.18. The van der Waals surface area contributed by atoms with Crippen LogP contribution in [0.5, 0.6) is 0 Å². The minimum absolute atomic E-state index is 0.465. The summed E-state index contributed by atoms with van der Waals surface area (Å²) in [6.45, 7) is 25.1. The summed E-state index contributed by atoms with van der Waals surface area (Å²) in [5, 5.41) is 2.94. The van der Waals surface area contributed by atoms with E-state index < -0.39 is 7.92 Å². The van der Waals surface area contributed by atoms with Crippen molar-refractivity contribution in [2.75, 3.05) is 0 Å². The quantitative estimate of drug-likeness (QED) is 0.117. The molecule has 0 N–H and O–H groups in total. The predicted octanol–water partition coefficient (Wildman–Crippen LogP) is 12.5. The lowest BCUT2D eigenvalue weighted by Gasteiger charge is -2.29. The molecule has 0 nitrogen and oxygen atoms in total. The van der Waals surface area contributed by atoms with Gasteiger partial charge in [-0.2, -0.15) is 0 Å². The molecule has 1 aromatic rings. The van der Waals surface area contributed by atoms with Crippen molar-refractivity contribution in [2.45, 2.75) is 53.1 Å². The number of allylic oxidation sites excluding steroid dienone is 22. The zero-order chi connectivity index (χ0) is 31.4. The predicted molar refractivity (Wildman–Crippen MR) is 198 cm³/mol. The van der Waals surface area contributed by atoms with Crippen LogP contribution < -0.4 is 5.30 Å². The first-order chi connectivity index (χ1) is 20.4. The summed E-state index contributed by atoms with van der Waals surface area (Å²) < 4.78 is 0. The molecule has 0 fully saturated rings. The molecule has 0 spiro atoms. The van der Waals surface area contributed by atoms with E-state index in [2.05, 4.69) is 118 Å². The molecule has 1 heteroatoms. The third-order valence-corrected chi connectivity index (χ3v) is 8.78. The van der Waals surface area contributed by atoms with E-state index in [0.717, 1.165) is 12.8 Å². The molecule has 0 bridgehead atoms. The van der Waals surface area contributed by atoms with Crippen molar-refractivity contribution in [3.05, 3.63) is 189 Å². The van der Waals surface area contributed by atoms with E-state index in [1.165, 1.54) is 21.8 Å². The highest BCUT2D eigenvalue weighted by molar-refractivity contribution is 7.70. The van der Waals surface area contributed by atoms with Gasteiger partial charge in [0.15, 0.2) is 0 Å². The zero-order valence-corrected chi connectivity index (χ0v) is 27.6. The van der Waals surface area contributed by atoms with Crippen molar-refractivity contribution in [1.29, 1.82) is 0 Å². The van der Waals surface area contributed by atoms with Gasteiger partial charge in [-0.3, -0.25) is 0 Å². The second kappa shape index (κ2) is 26.2. The first kappa shape index (κ1) is 38.3. The van der Waals surface area contributed by atoms with E-state index in [1.54, 1.807) is 12.2 Å². The fourth-order valence-corrected chi connectivity index (χ4v) is 7.17. The molecular weight excluding hydrogens is 523 g/mol. The molecule has 2 rings (SSSR count). The normalized spacial score (nSPS) is 15.4. The molecule has 0 saturated carbocycles. The number of hydrogen-bond acceptors (Lipinski definition) is 0. The van der Waals surface area contributed by atoms with Crippen LogP contribution in [-0.4, -0.2) is 5.66 Å². The Labute approximate surface area is 260 Å². The standard InChI is InChI=1S/C25H29P.2C8H12/c1-4-7-9-20-25(21-22-16-12-13-17-22)26(23(14-5-2)15-6-3)24-18-10-8-11-19-24;2*1-4-6-8(3)7-5-2/h4-13,15-20,22-23H,1-2,14,21H2,3H3;2*4-7H,1H2,2-3H3/b9-7-,15-6-,25-20-;2*7-5-,8-6-. The average Bonchev–Trinajstić information content (AvgIpc) is 3.49. The first-order valence-corrected chi connectivity index (χ1v) is 16.1. The van der Waals surface area contributed by atoms with Gasteiger partial charge in [0, 0.05) is 5.66 Å². The van der Waals surface area contributed by atoms with Gasteiger partial charge in [0.2, 0.25) is 0 Å². The van der Waals surface area contributed by atoms with E-state index in [-0.39, 0.29) is 0 Å². The Bertz CT molecular complexity index is 1140. The summed E-state index contributed by atoms with van der Waals surface area (Å²) in [5.41, 5.74) is 2.94. The van der Waals surface area contributed by atoms with Crippen molar-refractivity contribution in [1.82, 2.24) is 0 Å². The molecule has 0 radical (unpaired) electrons. The van der Waals surface area contributed by atoms with E-state index in [0.29, 0.717) is 11.6 Å². The smallest absolute Gasteiger partial charge is 0.00819 e. The summed E-state index contributed by atoms with van der Waals surface area (Å²) in [6, 6.07) is 10.9. The molecule has 0 heterocycles. The van der Waals surface area contributed by atoms with Crippen LogP contribution >= 0.6 is 7.92 Å². The molecule has 1 aliphatic carbocycles. The third kappa shape index (κ3) is 17.9. The molecule has 0 aromatic heterocycles. The third-order valence-electron chi connectivity index (χ3n) is 5.93. The van der Waals surface area contributed by atoms with Gasteiger partial charge in [0.1, 0.15) is 0 Å². The summed E-state index contributed by atoms with van der Waals surface area (Å²) >= 11 is 0. The van der Waals surface area contributed by atoms with Crippen LogP contribution in [0.2, 0.25) is 0 Å². The molecule has 2 atom stereocenters. The van der Waals surface area contributed by atoms with Gasteiger partial charge in [-0.15, -0.1) is 6.58 Å². The Morgan fingerprint density at radius 2 is 1.33 bits per heavy atom. The van der Waals surface area contributed by atoms with Gasteiger partial charge in [-0.1, -0.05) is 177 Å². The molecule has 222 valence electrons. The van der Waals surface area contributed by atoms with Crippen LogP contribution in [0.25, 0.3) is 0 Å². The van der Waals surface area contributed by atoms with Gasteiger partial charge >= 0.3 is 0 Å². The molecular formula is C41H53P. The minimum Gasteiger partial charge on any atom is -0.103 e. The average molecular weight is 577 g/mol. The van der Waals surface area contributed by atoms with Crippen LogP contribution in [0, 0.1) is 5.92 Å². The highest BCUT2D eigenvalue weighted by Gasteiger charge is 2.24. The molecule has 2 unspecified atom stereocenters. The SMILES string of the molecule is C=C/C=C(C)\C=C/C.C=C/C=C(C)\C=C/C.C=C/C=C\C=C(\CC1C=CC=C1)P(c1ccccc1)C(/C=C\C)CC=C. The summed E-state index contributed by atoms with van der Waals surface area (Å²) in [5.74, 6) is 0.488. The molecule has 0 amide bonds. The van der Waals surface area contributed by atoms with Crippen LogP contribution in [0.1, 0.15) is 47.5 Å². The lowest BCUT2D eigenvalue weighted by molar-refractivity contribution is 0.832. The Balaban J connectivity index is 0.000000861. The maximum atomic E-state index is 4.00. The largest absolute Gasteiger partial charge is 0.103 e. The van der Waals surface area contributed by atoms with Crippen molar-refractivity contribution in [3.63, 3.8) is 0 Å². The van der Waals surface area contributed by atoms with E-state index in [1.807, 2.05) is 76.3 Å². The Hall–Kier alpha value is -3.73. The zero-order valence-electron chi connectivity index (χ0n) is 26.7.